The van der Waals surface area contributed by atoms with Crippen LogP contribution in [0, 0.1) is 5.92 Å². The first-order chi connectivity index (χ1) is 6.97. The molecule has 0 spiro atoms. The Morgan fingerprint density at radius 1 is 1.40 bits per heavy atom. The van der Waals surface area contributed by atoms with Gasteiger partial charge in [-0.2, -0.15) is 0 Å². The summed E-state index contributed by atoms with van der Waals surface area (Å²) in [6.45, 7) is 5.71. The number of carbonyl (C=O) groups is 2. The van der Waals surface area contributed by atoms with Crippen molar-refractivity contribution in [2.24, 2.45) is 5.92 Å². The fraction of sp³-hybridized carbons (Fsp3) is 0.800. The van der Waals surface area contributed by atoms with Crippen LogP contribution in [0.1, 0.15) is 27.2 Å². The smallest absolute Gasteiger partial charge is 0.343 e. The van der Waals surface area contributed by atoms with Crippen molar-refractivity contribution in [3.05, 3.63) is 0 Å². The Kier molecular flexibility index (Phi) is 4.04. The molecule has 0 aromatic carbocycles. The van der Waals surface area contributed by atoms with Gasteiger partial charge in [0.2, 0.25) is 0 Å². The minimum Gasteiger partial charge on any atom is -0.391 e. The van der Waals surface area contributed by atoms with E-state index in [-0.39, 0.29) is 17.6 Å². The molecule has 1 heterocycles. The summed E-state index contributed by atoms with van der Waals surface area (Å²) in [6, 6.07) is 0. The van der Waals surface area contributed by atoms with Crippen LogP contribution in [0.4, 0.5) is 0 Å². The van der Waals surface area contributed by atoms with Crippen LogP contribution in [0.25, 0.3) is 0 Å². The topological polar surface area (TPSA) is 52.6 Å². The largest absolute Gasteiger partial charge is 0.391 e. The van der Waals surface area contributed by atoms with Crippen LogP contribution >= 0.6 is 0 Å². The van der Waals surface area contributed by atoms with E-state index in [0.29, 0.717) is 0 Å². The Hall–Kier alpha value is -0.683. The molecule has 15 heavy (non-hydrogen) atoms. The highest BCUT2D eigenvalue weighted by atomic mass is 28.1. The fourth-order valence-electron chi connectivity index (χ4n) is 1.71. The Balaban J connectivity index is 2.80. The van der Waals surface area contributed by atoms with Gasteiger partial charge >= 0.3 is 11.9 Å². The van der Waals surface area contributed by atoms with Crippen LogP contribution in [0.2, 0.25) is 5.54 Å². The summed E-state index contributed by atoms with van der Waals surface area (Å²) in [5, 5.41) is 0. The highest BCUT2D eigenvalue weighted by molar-refractivity contribution is 6.15. The maximum absolute atomic E-state index is 11.5. The molecule has 1 aliphatic heterocycles. The Bertz CT molecular complexity index is 264. The molecule has 4 nitrogen and oxygen atoms in total. The Morgan fingerprint density at radius 2 is 2.00 bits per heavy atom. The molecule has 0 aromatic heterocycles. The molecule has 0 amide bonds. The number of ether oxygens (including phenoxy) is 2. The van der Waals surface area contributed by atoms with Crippen LogP contribution < -0.4 is 0 Å². The summed E-state index contributed by atoms with van der Waals surface area (Å²) in [5.41, 5.74) is 0.243. The van der Waals surface area contributed by atoms with Gasteiger partial charge in [-0.25, -0.2) is 4.79 Å². The average Bonchev–Trinajstić information content (AvgIpc) is 2.40. The number of rotatable bonds is 4. The third kappa shape index (κ3) is 2.66. The summed E-state index contributed by atoms with van der Waals surface area (Å²) in [5.74, 6) is -1.31. The van der Waals surface area contributed by atoms with Crippen LogP contribution in [-0.2, 0) is 19.1 Å². The maximum Gasteiger partial charge on any atom is 0.343 e. The molecular weight excluding hydrogens is 212 g/mol. The first kappa shape index (κ1) is 12.4. The molecule has 3 unspecified atom stereocenters. The average molecular weight is 230 g/mol. The van der Waals surface area contributed by atoms with Gasteiger partial charge in [0.15, 0.2) is 6.10 Å². The lowest BCUT2D eigenvalue weighted by Crippen LogP contribution is -2.32. The first-order valence-electron chi connectivity index (χ1n) is 5.38. The Labute approximate surface area is 92.7 Å². The summed E-state index contributed by atoms with van der Waals surface area (Å²) in [4.78, 5) is 22.9. The van der Waals surface area contributed by atoms with Gasteiger partial charge in [-0.15, -0.1) is 0 Å². The quantitative estimate of drug-likeness (QED) is 0.389. The van der Waals surface area contributed by atoms with Gasteiger partial charge in [-0.3, -0.25) is 4.79 Å². The third-order valence-electron chi connectivity index (χ3n) is 2.71. The van der Waals surface area contributed by atoms with Crippen LogP contribution in [-0.4, -0.2) is 34.4 Å². The zero-order chi connectivity index (χ0) is 11.6. The number of carbonyl (C=O) groups excluding carboxylic acids is 2. The highest BCUT2D eigenvalue weighted by Crippen LogP contribution is 2.31. The molecule has 0 bridgehead atoms. The molecule has 0 aliphatic carbocycles. The van der Waals surface area contributed by atoms with Crippen molar-refractivity contribution in [2.75, 3.05) is 0 Å². The fourth-order valence-corrected chi connectivity index (χ4v) is 2.34. The van der Waals surface area contributed by atoms with E-state index in [4.69, 9.17) is 4.74 Å². The molecular formula is C10H18O4Si. The molecule has 3 atom stereocenters. The van der Waals surface area contributed by atoms with Crippen molar-refractivity contribution in [3.63, 3.8) is 0 Å². The van der Waals surface area contributed by atoms with E-state index in [1.807, 2.05) is 20.8 Å². The van der Waals surface area contributed by atoms with Crippen LogP contribution in [0.5, 0.6) is 0 Å². The number of esters is 2. The van der Waals surface area contributed by atoms with Gasteiger partial charge < -0.3 is 9.47 Å². The lowest BCUT2D eigenvalue weighted by Gasteiger charge is -2.21. The van der Waals surface area contributed by atoms with E-state index in [9.17, 15) is 9.59 Å². The number of hydrogen-bond acceptors (Lipinski definition) is 4. The summed E-state index contributed by atoms with van der Waals surface area (Å²) < 4.78 is 10.1. The van der Waals surface area contributed by atoms with E-state index >= 15 is 0 Å². The van der Waals surface area contributed by atoms with E-state index < -0.39 is 18.0 Å². The molecule has 86 valence electrons. The zero-order valence-electron chi connectivity index (χ0n) is 9.65. The summed E-state index contributed by atoms with van der Waals surface area (Å²) >= 11 is 0. The number of cyclic esters (lactones) is 2. The zero-order valence-corrected chi connectivity index (χ0v) is 11.6. The van der Waals surface area contributed by atoms with Crippen molar-refractivity contribution in [1.82, 2.24) is 0 Å². The third-order valence-corrected chi connectivity index (χ3v) is 4.24. The van der Waals surface area contributed by atoms with E-state index in [1.54, 1.807) is 0 Å². The predicted octanol–water partition coefficient (Wildman–Crippen LogP) is 0.0435. The first-order valence-corrected chi connectivity index (χ1v) is 6.53. The van der Waals surface area contributed by atoms with Crippen LogP contribution in [0.15, 0.2) is 0 Å². The molecule has 1 rings (SSSR count). The monoisotopic (exact) mass is 230 g/mol. The van der Waals surface area contributed by atoms with Gasteiger partial charge in [0.1, 0.15) is 0 Å². The molecule has 0 radical (unpaired) electrons. The van der Waals surface area contributed by atoms with Gasteiger partial charge in [0.05, 0.1) is 12.0 Å². The molecule has 1 saturated heterocycles. The summed E-state index contributed by atoms with van der Waals surface area (Å²) in [7, 11) is 0.867. The predicted molar refractivity (Wildman–Crippen MR) is 58.6 cm³/mol. The number of hydrogen-bond donors (Lipinski definition) is 0. The van der Waals surface area contributed by atoms with Crippen molar-refractivity contribution in [2.45, 2.75) is 44.9 Å². The van der Waals surface area contributed by atoms with E-state index in [1.165, 1.54) is 0 Å². The van der Waals surface area contributed by atoms with E-state index in [0.717, 1.165) is 16.7 Å². The van der Waals surface area contributed by atoms with E-state index in [2.05, 4.69) is 4.74 Å². The SMILES string of the molecule is CCC([SiH3])C1C(=O)OC(=O)C1OC(C)C. The lowest BCUT2D eigenvalue weighted by molar-refractivity contribution is -0.156. The molecule has 0 saturated carbocycles. The van der Waals surface area contributed by atoms with Gasteiger partial charge in [-0.1, -0.05) is 13.3 Å². The second kappa shape index (κ2) is 4.89. The second-order valence-electron chi connectivity index (χ2n) is 4.26. The van der Waals surface area contributed by atoms with Crippen molar-refractivity contribution >= 4 is 22.2 Å². The normalized spacial score (nSPS) is 28.5. The highest BCUT2D eigenvalue weighted by Gasteiger charge is 2.47. The molecule has 0 aromatic rings. The minimum absolute atomic E-state index is 0.0679. The van der Waals surface area contributed by atoms with Crippen LogP contribution in [0.3, 0.4) is 0 Å². The van der Waals surface area contributed by atoms with Gasteiger partial charge in [0.25, 0.3) is 0 Å². The summed E-state index contributed by atoms with van der Waals surface area (Å²) in [6.07, 6.45) is 0.138. The van der Waals surface area contributed by atoms with Crippen molar-refractivity contribution in [3.8, 4) is 0 Å². The maximum atomic E-state index is 11.5. The Morgan fingerprint density at radius 3 is 2.47 bits per heavy atom. The van der Waals surface area contributed by atoms with Gasteiger partial charge in [-0.05, 0) is 19.4 Å². The second-order valence-corrected chi connectivity index (χ2v) is 5.74. The standard InChI is InChI=1S/C10H18O4Si/c1-4-6(15)7-8(13-5(2)3)10(12)14-9(7)11/h5-8H,4H2,1-3,15H3. The minimum atomic E-state index is -0.681. The van der Waals surface area contributed by atoms with Crippen molar-refractivity contribution < 1.29 is 19.1 Å². The molecule has 1 fully saturated rings. The lowest BCUT2D eigenvalue weighted by atomic mass is 9.98. The molecule has 0 N–H and O–H groups in total. The molecule has 1 aliphatic rings. The van der Waals surface area contributed by atoms with Crippen molar-refractivity contribution in [1.29, 1.82) is 0 Å². The molecule has 5 heteroatoms. The van der Waals surface area contributed by atoms with Gasteiger partial charge in [0, 0.05) is 10.2 Å².